The summed E-state index contributed by atoms with van der Waals surface area (Å²) in [6.07, 6.45) is -3.34. The molecule has 0 radical (unpaired) electrons. The molecular formula is C13H11F3N4O2S. The Morgan fingerprint density at radius 2 is 2.22 bits per heavy atom. The summed E-state index contributed by atoms with van der Waals surface area (Å²) < 4.78 is 38.4. The van der Waals surface area contributed by atoms with E-state index in [1.54, 1.807) is 22.9 Å². The Bertz CT molecular complexity index is 752. The van der Waals surface area contributed by atoms with Crippen LogP contribution < -0.4 is 5.32 Å². The monoisotopic (exact) mass is 344 g/mol. The third-order valence-electron chi connectivity index (χ3n) is 3.40. The topological polar surface area (TPSA) is 76.9 Å². The number of hydrogen-bond acceptors (Lipinski definition) is 5. The largest absolute Gasteiger partial charge is 0.395 e. The Balaban J connectivity index is 1.71. The number of alkyl halides is 3. The van der Waals surface area contributed by atoms with Crippen molar-refractivity contribution in [2.75, 3.05) is 5.32 Å². The maximum absolute atomic E-state index is 12.3. The Morgan fingerprint density at radius 1 is 1.43 bits per heavy atom. The van der Waals surface area contributed by atoms with Gasteiger partial charge in [-0.05, 0) is 18.6 Å². The van der Waals surface area contributed by atoms with E-state index in [-0.39, 0.29) is 22.3 Å². The number of carbonyl (C=O) groups is 2. The maximum Gasteiger partial charge on any atom is 0.395 e. The van der Waals surface area contributed by atoms with Crippen molar-refractivity contribution in [2.45, 2.75) is 31.5 Å². The van der Waals surface area contributed by atoms with Crippen molar-refractivity contribution in [2.24, 2.45) is 0 Å². The molecule has 0 aromatic carbocycles. The van der Waals surface area contributed by atoms with Crippen LogP contribution in [0.2, 0.25) is 0 Å². The molecule has 0 spiro atoms. The molecule has 10 heteroatoms. The molecule has 1 amide bonds. The van der Waals surface area contributed by atoms with E-state index in [1.807, 2.05) is 0 Å². The smallest absolute Gasteiger partial charge is 0.333 e. The number of carbonyl (C=O) groups excluding carboxylic acids is 2. The highest BCUT2D eigenvalue weighted by Gasteiger charge is 2.32. The molecule has 3 heterocycles. The molecule has 1 unspecified atom stereocenters. The fourth-order valence-corrected chi connectivity index (χ4v) is 3.20. The first kappa shape index (κ1) is 15.7. The standard InChI is InChI=1S/C13H11F3N4O2S/c14-13(15,16)6-10-18-19-12(23-10)17-11(22)8-3-4-9(21)7-2-1-5-20(7)8/h1-2,5,8H,3-4,6H2,(H,17,19,22). The number of aromatic nitrogens is 3. The van der Waals surface area contributed by atoms with Crippen LogP contribution in [0.5, 0.6) is 0 Å². The van der Waals surface area contributed by atoms with Crippen molar-refractivity contribution in [3.05, 3.63) is 29.0 Å². The molecule has 1 N–H and O–H groups in total. The van der Waals surface area contributed by atoms with Gasteiger partial charge in [-0.1, -0.05) is 11.3 Å². The minimum Gasteiger partial charge on any atom is -0.333 e. The van der Waals surface area contributed by atoms with Crippen molar-refractivity contribution in [1.29, 1.82) is 0 Å². The van der Waals surface area contributed by atoms with Crippen molar-refractivity contribution < 1.29 is 22.8 Å². The van der Waals surface area contributed by atoms with E-state index in [1.165, 1.54) is 0 Å². The number of halogens is 3. The van der Waals surface area contributed by atoms with Crippen LogP contribution in [0.4, 0.5) is 18.3 Å². The average molecular weight is 344 g/mol. The number of ketones is 1. The molecule has 0 fully saturated rings. The van der Waals surface area contributed by atoms with Gasteiger partial charge in [0.15, 0.2) is 5.78 Å². The first-order valence-corrected chi connectivity index (χ1v) is 7.55. The summed E-state index contributed by atoms with van der Waals surface area (Å²) in [5.41, 5.74) is 0.450. The number of hydrogen-bond donors (Lipinski definition) is 1. The molecule has 0 aliphatic carbocycles. The Labute approximate surface area is 132 Å². The number of Topliss-reactive ketones (excluding diaryl/α,β-unsaturated/α-hetero) is 1. The number of nitrogens with one attached hydrogen (secondary N) is 1. The highest BCUT2D eigenvalue weighted by molar-refractivity contribution is 7.15. The quantitative estimate of drug-likeness (QED) is 0.928. The lowest BCUT2D eigenvalue weighted by atomic mass is 10.0. The molecule has 3 rings (SSSR count). The Kier molecular flexibility index (Phi) is 3.92. The predicted octanol–water partition coefficient (Wildman–Crippen LogP) is 2.60. The van der Waals surface area contributed by atoms with E-state index in [0.717, 1.165) is 0 Å². The van der Waals surface area contributed by atoms with Gasteiger partial charge in [-0.3, -0.25) is 14.9 Å². The van der Waals surface area contributed by atoms with Crippen LogP contribution in [0.25, 0.3) is 0 Å². The van der Waals surface area contributed by atoms with Gasteiger partial charge in [0.2, 0.25) is 11.0 Å². The SMILES string of the molecule is O=C1CCC(C(=O)Nc2nnc(CC(F)(F)F)s2)n2cccc21. The molecule has 1 aliphatic heterocycles. The summed E-state index contributed by atoms with van der Waals surface area (Å²) in [6, 6.07) is 2.71. The lowest BCUT2D eigenvalue weighted by molar-refractivity contribution is -0.127. The molecule has 0 bridgehead atoms. The van der Waals surface area contributed by atoms with Crippen LogP contribution in [0.1, 0.15) is 34.4 Å². The zero-order valence-corrected chi connectivity index (χ0v) is 12.4. The summed E-state index contributed by atoms with van der Waals surface area (Å²) in [6.45, 7) is 0. The summed E-state index contributed by atoms with van der Waals surface area (Å²) in [4.78, 5) is 24.0. The molecule has 6 nitrogen and oxygen atoms in total. The van der Waals surface area contributed by atoms with E-state index in [0.29, 0.717) is 23.5 Å². The van der Waals surface area contributed by atoms with Gasteiger partial charge in [-0.25, -0.2) is 0 Å². The fourth-order valence-electron chi connectivity index (χ4n) is 2.43. The van der Waals surface area contributed by atoms with Crippen molar-refractivity contribution in [3.63, 3.8) is 0 Å². The maximum atomic E-state index is 12.3. The van der Waals surface area contributed by atoms with Crippen molar-refractivity contribution in [3.8, 4) is 0 Å². The molecule has 2 aromatic rings. The molecule has 2 aromatic heterocycles. The third kappa shape index (κ3) is 3.41. The van der Waals surface area contributed by atoms with Gasteiger partial charge in [0.05, 0.1) is 12.1 Å². The van der Waals surface area contributed by atoms with Crippen LogP contribution >= 0.6 is 11.3 Å². The van der Waals surface area contributed by atoms with Crippen LogP contribution in [0.15, 0.2) is 18.3 Å². The van der Waals surface area contributed by atoms with E-state index >= 15 is 0 Å². The van der Waals surface area contributed by atoms with Crippen LogP contribution in [0, 0.1) is 0 Å². The van der Waals surface area contributed by atoms with Gasteiger partial charge in [-0.2, -0.15) is 13.2 Å². The number of amides is 1. The lowest BCUT2D eigenvalue weighted by Gasteiger charge is -2.23. The van der Waals surface area contributed by atoms with Crippen LogP contribution in [0.3, 0.4) is 0 Å². The van der Waals surface area contributed by atoms with Crippen molar-refractivity contribution >= 4 is 28.2 Å². The number of fused-ring (bicyclic) bond motifs is 1. The highest BCUT2D eigenvalue weighted by Crippen LogP contribution is 2.28. The van der Waals surface area contributed by atoms with Gasteiger partial charge in [0.25, 0.3) is 0 Å². The summed E-state index contributed by atoms with van der Waals surface area (Å²) >= 11 is 0.686. The zero-order valence-electron chi connectivity index (χ0n) is 11.6. The Hall–Kier alpha value is -2.23. The van der Waals surface area contributed by atoms with Crippen LogP contribution in [-0.2, 0) is 11.2 Å². The first-order valence-electron chi connectivity index (χ1n) is 6.73. The normalized spacial score (nSPS) is 17.9. The molecule has 23 heavy (non-hydrogen) atoms. The van der Waals surface area contributed by atoms with Gasteiger partial charge in [0.1, 0.15) is 11.0 Å². The number of nitrogens with zero attached hydrogens (tertiary/aromatic N) is 3. The summed E-state index contributed by atoms with van der Waals surface area (Å²) in [7, 11) is 0. The summed E-state index contributed by atoms with van der Waals surface area (Å²) in [5.74, 6) is -0.466. The lowest BCUT2D eigenvalue weighted by Crippen LogP contribution is -2.31. The van der Waals surface area contributed by atoms with E-state index in [2.05, 4.69) is 15.5 Å². The first-order chi connectivity index (χ1) is 10.8. The molecule has 0 saturated carbocycles. The van der Waals surface area contributed by atoms with E-state index < -0.39 is 24.5 Å². The summed E-state index contributed by atoms with van der Waals surface area (Å²) in [5, 5.41) is 9.24. The number of rotatable bonds is 3. The highest BCUT2D eigenvalue weighted by atomic mass is 32.1. The van der Waals surface area contributed by atoms with E-state index in [4.69, 9.17) is 0 Å². The predicted molar refractivity (Wildman–Crippen MR) is 75.3 cm³/mol. The fraction of sp³-hybridized carbons (Fsp3) is 0.385. The zero-order chi connectivity index (χ0) is 16.6. The average Bonchev–Trinajstić information content (AvgIpc) is 3.07. The van der Waals surface area contributed by atoms with Crippen LogP contribution in [-0.4, -0.2) is 32.6 Å². The number of anilines is 1. The van der Waals surface area contributed by atoms with Crippen molar-refractivity contribution in [1.82, 2.24) is 14.8 Å². The second-order valence-electron chi connectivity index (χ2n) is 5.06. The minimum absolute atomic E-state index is 0.0138. The molecule has 1 aliphatic rings. The minimum atomic E-state index is -4.37. The van der Waals surface area contributed by atoms with E-state index in [9.17, 15) is 22.8 Å². The second-order valence-corrected chi connectivity index (χ2v) is 6.12. The molecule has 122 valence electrons. The molecule has 1 atom stereocenters. The third-order valence-corrected chi connectivity index (χ3v) is 4.24. The van der Waals surface area contributed by atoms with Gasteiger partial charge in [0, 0.05) is 12.6 Å². The second kappa shape index (κ2) is 5.76. The molecular weight excluding hydrogens is 333 g/mol. The van der Waals surface area contributed by atoms with Gasteiger partial charge < -0.3 is 4.57 Å². The molecule has 0 saturated heterocycles. The Morgan fingerprint density at radius 3 is 2.96 bits per heavy atom. The van der Waals surface area contributed by atoms with Gasteiger partial charge >= 0.3 is 6.18 Å². The van der Waals surface area contributed by atoms with Gasteiger partial charge in [-0.15, -0.1) is 10.2 Å².